The van der Waals surface area contributed by atoms with Gasteiger partial charge in [0.2, 0.25) is 5.91 Å². The minimum absolute atomic E-state index is 0.115. The summed E-state index contributed by atoms with van der Waals surface area (Å²) in [6.45, 7) is 2.88. The van der Waals surface area contributed by atoms with Gasteiger partial charge in [0.25, 0.3) is 0 Å². The molecule has 0 N–H and O–H groups in total. The molecule has 1 unspecified atom stereocenters. The van der Waals surface area contributed by atoms with Crippen molar-refractivity contribution in [2.24, 2.45) is 0 Å². The lowest BCUT2D eigenvalue weighted by atomic mass is 9.97. The summed E-state index contributed by atoms with van der Waals surface area (Å²) in [4.78, 5) is 20.4. The molecule has 1 aromatic carbocycles. The Hall–Kier alpha value is -2.47. The average molecular weight is 384 g/mol. The highest BCUT2D eigenvalue weighted by atomic mass is 32.1. The molecule has 0 saturated heterocycles. The number of rotatable bonds is 5. The number of hydrogen-bond acceptors (Lipinski definition) is 4. The van der Waals surface area contributed by atoms with Crippen molar-refractivity contribution in [2.45, 2.75) is 38.6 Å². The third-order valence-corrected chi connectivity index (χ3v) is 6.04. The number of carbonyl (C=O) groups is 1. The molecule has 0 radical (unpaired) electrons. The smallest absolute Gasteiger partial charge is 0.223 e. The summed E-state index contributed by atoms with van der Waals surface area (Å²) in [5.41, 5.74) is 1.68. The molecule has 0 spiro atoms. The summed E-state index contributed by atoms with van der Waals surface area (Å²) >= 11 is 1.78. The number of halogens is 1. The van der Waals surface area contributed by atoms with Gasteiger partial charge in [-0.05, 0) is 42.0 Å². The van der Waals surface area contributed by atoms with Crippen LogP contribution in [0.1, 0.15) is 42.1 Å². The minimum atomic E-state index is -0.345. The molecular weight excluding hydrogens is 363 g/mol. The van der Waals surface area contributed by atoms with Crippen molar-refractivity contribution >= 4 is 17.2 Å². The van der Waals surface area contributed by atoms with Crippen LogP contribution in [0.3, 0.4) is 0 Å². The van der Waals surface area contributed by atoms with E-state index in [1.165, 1.54) is 22.7 Å². The van der Waals surface area contributed by atoms with Crippen LogP contribution in [0.15, 0.2) is 46.3 Å². The first-order valence-electron chi connectivity index (χ1n) is 9.22. The molecular formula is C21H21FN2O2S. The zero-order chi connectivity index (χ0) is 18.8. The second-order valence-electron chi connectivity index (χ2n) is 6.66. The standard InChI is InChI=1S/C21H21FN2O2S/c1-2-17-15-10-12-27-19(15)9-11-24(17)21(25)8-7-20-23-13-18(26-20)14-5-3-4-6-16(14)22/h3-6,10,12-13,17H,2,7-9,11H2,1H3. The topological polar surface area (TPSA) is 46.3 Å². The Bertz CT molecular complexity index is 949. The van der Waals surface area contributed by atoms with Crippen LogP contribution in [0.4, 0.5) is 4.39 Å². The number of aryl methyl sites for hydroxylation is 1. The zero-order valence-corrected chi connectivity index (χ0v) is 16.0. The zero-order valence-electron chi connectivity index (χ0n) is 15.2. The van der Waals surface area contributed by atoms with Gasteiger partial charge in [0.05, 0.1) is 17.8 Å². The second kappa shape index (κ2) is 7.64. The highest BCUT2D eigenvalue weighted by Gasteiger charge is 2.30. The Morgan fingerprint density at radius 1 is 1.37 bits per heavy atom. The van der Waals surface area contributed by atoms with Crippen LogP contribution in [0.2, 0.25) is 0 Å². The number of aromatic nitrogens is 1. The maximum atomic E-state index is 13.9. The Kier molecular flexibility index (Phi) is 5.07. The molecule has 1 aliphatic rings. The molecule has 140 valence electrons. The number of nitrogens with zero attached hydrogens (tertiary/aromatic N) is 2. The summed E-state index contributed by atoms with van der Waals surface area (Å²) in [5, 5.41) is 2.11. The first-order valence-corrected chi connectivity index (χ1v) is 10.1. The van der Waals surface area contributed by atoms with Crippen molar-refractivity contribution in [1.29, 1.82) is 0 Å². The van der Waals surface area contributed by atoms with Crippen molar-refractivity contribution in [1.82, 2.24) is 9.88 Å². The summed E-state index contributed by atoms with van der Waals surface area (Å²) in [7, 11) is 0. The number of thiophene rings is 1. The fourth-order valence-corrected chi connectivity index (χ4v) is 4.63. The number of amides is 1. The van der Waals surface area contributed by atoms with Gasteiger partial charge < -0.3 is 9.32 Å². The summed E-state index contributed by atoms with van der Waals surface area (Å²) in [6, 6.07) is 8.73. The first kappa shape index (κ1) is 17.9. The van der Waals surface area contributed by atoms with Gasteiger partial charge in [-0.15, -0.1) is 11.3 Å². The van der Waals surface area contributed by atoms with Crippen LogP contribution in [0, 0.1) is 5.82 Å². The fourth-order valence-electron chi connectivity index (χ4n) is 3.70. The summed E-state index contributed by atoms with van der Waals surface area (Å²) in [6.07, 6.45) is 4.10. The Morgan fingerprint density at radius 3 is 3.04 bits per heavy atom. The predicted octanol–water partition coefficient (Wildman–Crippen LogP) is 5.01. The minimum Gasteiger partial charge on any atom is -0.441 e. The summed E-state index contributed by atoms with van der Waals surface area (Å²) in [5.74, 6) is 0.622. The molecule has 2 aromatic heterocycles. The van der Waals surface area contributed by atoms with Crippen LogP contribution >= 0.6 is 11.3 Å². The van der Waals surface area contributed by atoms with Crippen molar-refractivity contribution < 1.29 is 13.6 Å². The quantitative estimate of drug-likeness (QED) is 0.621. The molecule has 1 amide bonds. The van der Waals surface area contributed by atoms with Gasteiger partial charge >= 0.3 is 0 Å². The third kappa shape index (κ3) is 3.54. The van der Waals surface area contributed by atoms with E-state index in [4.69, 9.17) is 4.42 Å². The largest absolute Gasteiger partial charge is 0.441 e. The SMILES string of the molecule is CCC1c2ccsc2CCN1C(=O)CCc1ncc(-c2ccccc2F)o1. The van der Waals surface area contributed by atoms with Gasteiger partial charge in [0.1, 0.15) is 5.82 Å². The van der Waals surface area contributed by atoms with E-state index in [-0.39, 0.29) is 17.8 Å². The van der Waals surface area contributed by atoms with E-state index in [0.717, 1.165) is 19.4 Å². The van der Waals surface area contributed by atoms with E-state index < -0.39 is 0 Å². The van der Waals surface area contributed by atoms with Gasteiger partial charge in [-0.25, -0.2) is 9.37 Å². The molecule has 1 atom stereocenters. The number of hydrogen-bond donors (Lipinski definition) is 0. The van der Waals surface area contributed by atoms with E-state index in [0.29, 0.717) is 30.1 Å². The first-order chi connectivity index (χ1) is 13.2. The van der Waals surface area contributed by atoms with Crippen LogP contribution in [-0.2, 0) is 17.6 Å². The van der Waals surface area contributed by atoms with Gasteiger partial charge in [0.15, 0.2) is 11.7 Å². The third-order valence-electron chi connectivity index (χ3n) is 5.05. The monoisotopic (exact) mass is 384 g/mol. The van der Waals surface area contributed by atoms with Crippen LogP contribution in [-0.4, -0.2) is 22.3 Å². The van der Waals surface area contributed by atoms with Crippen LogP contribution in [0.5, 0.6) is 0 Å². The molecule has 1 aliphatic heterocycles. The van der Waals surface area contributed by atoms with E-state index in [1.54, 1.807) is 29.5 Å². The molecule has 3 aromatic rings. The molecule has 4 nitrogen and oxygen atoms in total. The van der Waals surface area contributed by atoms with Crippen LogP contribution < -0.4 is 0 Å². The number of carbonyl (C=O) groups excluding carboxylic acids is 1. The lowest BCUT2D eigenvalue weighted by molar-refractivity contribution is -0.134. The highest BCUT2D eigenvalue weighted by Crippen LogP contribution is 2.35. The Balaban J connectivity index is 1.42. The lowest BCUT2D eigenvalue weighted by Crippen LogP contribution is -2.39. The fraction of sp³-hybridized carbons (Fsp3) is 0.333. The van der Waals surface area contributed by atoms with E-state index in [1.807, 2.05) is 4.90 Å². The molecule has 0 fully saturated rings. The second-order valence-corrected chi connectivity index (χ2v) is 7.66. The van der Waals surface area contributed by atoms with Gasteiger partial charge in [-0.1, -0.05) is 19.1 Å². The van der Waals surface area contributed by atoms with E-state index in [9.17, 15) is 9.18 Å². The molecule has 0 aliphatic carbocycles. The number of oxazole rings is 1. The number of benzene rings is 1. The molecule has 6 heteroatoms. The average Bonchev–Trinajstić information content (AvgIpc) is 3.35. The van der Waals surface area contributed by atoms with Crippen molar-refractivity contribution in [2.75, 3.05) is 6.54 Å². The van der Waals surface area contributed by atoms with Gasteiger partial charge in [-0.3, -0.25) is 4.79 Å². The van der Waals surface area contributed by atoms with Crippen molar-refractivity contribution in [3.05, 3.63) is 64.1 Å². The van der Waals surface area contributed by atoms with E-state index >= 15 is 0 Å². The molecule has 4 rings (SSSR count). The maximum Gasteiger partial charge on any atom is 0.223 e. The molecule has 0 bridgehead atoms. The Labute approximate surface area is 161 Å². The van der Waals surface area contributed by atoms with E-state index in [2.05, 4.69) is 23.4 Å². The van der Waals surface area contributed by atoms with Crippen molar-refractivity contribution in [3.8, 4) is 11.3 Å². The predicted molar refractivity (Wildman–Crippen MR) is 103 cm³/mol. The molecule has 3 heterocycles. The normalized spacial score (nSPS) is 16.4. The Morgan fingerprint density at radius 2 is 2.22 bits per heavy atom. The summed E-state index contributed by atoms with van der Waals surface area (Å²) < 4.78 is 19.5. The van der Waals surface area contributed by atoms with Gasteiger partial charge in [0, 0.05) is 24.3 Å². The lowest BCUT2D eigenvalue weighted by Gasteiger charge is -2.35. The molecule has 0 saturated carbocycles. The number of fused-ring (bicyclic) bond motifs is 1. The maximum absolute atomic E-state index is 13.9. The highest BCUT2D eigenvalue weighted by molar-refractivity contribution is 7.10. The van der Waals surface area contributed by atoms with Crippen molar-refractivity contribution in [3.63, 3.8) is 0 Å². The molecule has 27 heavy (non-hydrogen) atoms. The van der Waals surface area contributed by atoms with Crippen LogP contribution in [0.25, 0.3) is 11.3 Å². The van der Waals surface area contributed by atoms with Gasteiger partial charge in [-0.2, -0.15) is 0 Å².